The fourth-order valence-corrected chi connectivity index (χ4v) is 3.04. The van der Waals surface area contributed by atoms with Crippen LogP contribution in [0.5, 0.6) is 0 Å². The summed E-state index contributed by atoms with van der Waals surface area (Å²) in [4.78, 5) is 23.1. The van der Waals surface area contributed by atoms with Crippen LogP contribution in [0, 0.1) is 0 Å². The molecular formula is C23H34O4. The van der Waals surface area contributed by atoms with Gasteiger partial charge in [0.2, 0.25) is 0 Å². The Hall–Kier alpha value is -2.10. The second-order valence-corrected chi connectivity index (χ2v) is 6.88. The lowest BCUT2D eigenvalue weighted by Crippen LogP contribution is -2.12. The Bertz CT molecular complexity index is 577. The molecule has 0 heterocycles. The smallest absolute Gasteiger partial charge is 0.339 e. The highest BCUT2D eigenvalue weighted by molar-refractivity contribution is 6.02. The summed E-state index contributed by atoms with van der Waals surface area (Å²) >= 11 is 0. The van der Waals surface area contributed by atoms with E-state index in [-0.39, 0.29) is 11.1 Å². The van der Waals surface area contributed by atoms with E-state index < -0.39 is 11.9 Å². The Kier molecular flexibility index (Phi) is 12.7. The van der Waals surface area contributed by atoms with Gasteiger partial charge in [-0.25, -0.2) is 9.59 Å². The molecule has 0 aliphatic carbocycles. The Labute approximate surface area is 163 Å². The van der Waals surface area contributed by atoms with Gasteiger partial charge in [-0.05, 0) is 38.3 Å². The molecule has 150 valence electrons. The minimum atomic E-state index is -1.11. The van der Waals surface area contributed by atoms with Gasteiger partial charge in [0.1, 0.15) is 0 Å². The minimum absolute atomic E-state index is 0.00988. The second-order valence-electron chi connectivity index (χ2n) is 6.88. The van der Waals surface area contributed by atoms with Crippen molar-refractivity contribution in [1.29, 1.82) is 0 Å². The van der Waals surface area contributed by atoms with E-state index in [1.807, 2.05) is 0 Å². The summed E-state index contributed by atoms with van der Waals surface area (Å²) in [5.74, 6) is -1.66. The third-order valence-electron chi connectivity index (χ3n) is 4.61. The number of esters is 1. The highest BCUT2D eigenvalue weighted by atomic mass is 16.5. The molecule has 0 unspecified atom stereocenters. The monoisotopic (exact) mass is 374 g/mol. The van der Waals surface area contributed by atoms with Crippen LogP contribution in [-0.4, -0.2) is 23.7 Å². The number of hydrogen-bond acceptors (Lipinski definition) is 3. The lowest BCUT2D eigenvalue weighted by atomic mass is 10.1. The molecule has 0 aromatic heterocycles. The largest absolute Gasteiger partial charge is 0.478 e. The maximum Gasteiger partial charge on any atom is 0.339 e. The highest BCUT2D eigenvalue weighted by Crippen LogP contribution is 2.13. The number of unbranched alkanes of at least 4 members (excludes halogenated alkanes) is 10. The topological polar surface area (TPSA) is 63.6 Å². The van der Waals surface area contributed by atoms with Crippen LogP contribution >= 0.6 is 0 Å². The normalized spacial score (nSPS) is 11.0. The van der Waals surface area contributed by atoms with Crippen molar-refractivity contribution in [3.63, 3.8) is 0 Å². The molecule has 0 fully saturated rings. The number of benzene rings is 1. The van der Waals surface area contributed by atoms with E-state index in [1.54, 1.807) is 12.1 Å². The van der Waals surface area contributed by atoms with E-state index in [1.165, 1.54) is 63.5 Å². The van der Waals surface area contributed by atoms with E-state index in [4.69, 9.17) is 9.84 Å². The van der Waals surface area contributed by atoms with E-state index in [0.29, 0.717) is 6.61 Å². The number of hydrogen-bond donors (Lipinski definition) is 1. The van der Waals surface area contributed by atoms with Gasteiger partial charge < -0.3 is 9.84 Å². The summed E-state index contributed by atoms with van der Waals surface area (Å²) in [5, 5.41) is 9.10. The van der Waals surface area contributed by atoms with Crippen molar-refractivity contribution < 1.29 is 19.4 Å². The van der Waals surface area contributed by atoms with Crippen LogP contribution in [0.1, 0.15) is 98.3 Å². The summed E-state index contributed by atoms with van der Waals surface area (Å²) in [7, 11) is 0. The predicted molar refractivity (Wildman–Crippen MR) is 109 cm³/mol. The van der Waals surface area contributed by atoms with Crippen LogP contribution in [0.4, 0.5) is 0 Å². The Morgan fingerprint density at radius 2 is 1.37 bits per heavy atom. The van der Waals surface area contributed by atoms with E-state index >= 15 is 0 Å². The maximum atomic E-state index is 12.0. The molecule has 27 heavy (non-hydrogen) atoms. The van der Waals surface area contributed by atoms with Gasteiger partial charge in [0, 0.05) is 0 Å². The summed E-state index contributed by atoms with van der Waals surface area (Å²) in [5.41, 5.74) is 0.111. The quantitative estimate of drug-likeness (QED) is 0.219. The van der Waals surface area contributed by atoms with Crippen LogP contribution in [0.3, 0.4) is 0 Å². The number of carbonyl (C=O) groups is 2. The van der Waals surface area contributed by atoms with Crippen molar-refractivity contribution in [3.05, 3.63) is 47.5 Å². The van der Waals surface area contributed by atoms with Crippen molar-refractivity contribution in [2.75, 3.05) is 6.61 Å². The Morgan fingerprint density at radius 1 is 0.852 bits per heavy atom. The molecule has 4 nitrogen and oxygen atoms in total. The highest BCUT2D eigenvalue weighted by Gasteiger charge is 2.16. The molecule has 1 aromatic carbocycles. The average Bonchev–Trinajstić information content (AvgIpc) is 2.68. The summed E-state index contributed by atoms with van der Waals surface area (Å²) in [6.45, 7) is 2.42. The molecule has 0 bridgehead atoms. The van der Waals surface area contributed by atoms with Crippen molar-refractivity contribution >= 4 is 11.9 Å². The van der Waals surface area contributed by atoms with E-state index in [9.17, 15) is 9.59 Å². The van der Waals surface area contributed by atoms with E-state index in [0.717, 1.165) is 19.3 Å². The summed E-state index contributed by atoms with van der Waals surface area (Å²) in [6.07, 6.45) is 17.7. The second kappa shape index (κ2) is 15.0. The molecule has 0 radical (unpaired) electrons. The fourth-order valence-electron chi connectivity index (χ4n) is 3.04. The molecule has 4 heteroatoms. The van der Waals surface area contributed by atoms with Gasteiger partial charge in [-0.2, -0.15) is 0 Å². The van der Waals surface area contributed by atoms with Gasteiger partial charge in [0.05, 0.1) is 17.7 Å². The Balaban J connectivity index is 1.99. The molecule has 0 saturated carbocycles. The van der Waals surface area contributed by atoms with Gasteiger partial charge in [0.25, 0.3) is 0 Å². The molecule has 1 rings (SSSR count). The first-order valence-electron chi connectivity index (χ1n) is 10.3. The SMILES string of the molecule is C/C=C/CCCCCCCCCCCCOC(=O)c1ccccc1C(=O)O. The Morgan fingerprint density at radius 3 is 1.93 bits per heavy atom. The average molecular weight is 375 g/mol. The first-order chi connectivity index (χ1) is 13.2. The molecule has 1 N–H and O–H groups in total. The number of ether oxygens (including phenoxy) is 1. The van der Waals surface area contributed by atoms with Crippen molar-refractivity contribution in [2.24, 2.45) is 0 Å². The first kappa shape index (κ1) is 22.9. The van der Waals surface area contributed by atoms with Gasteiger partial charge in [-0.1, -0.05) is 75.7 Å². The first-order valence-corrected chi connectivity index (χ1v) is 10.3. The molecule has 0 saturated heterocycles. The molecular weight excluding hydrogens is 340 g/mol. The van der Waals surface area contributed by atoms with E-state index in [2.05, 4.69) is 19.1 Å². The summed E-state index contributed by atoms with van der Waals surface area (Å²) < 4.78 is 5.21. The zero-order chi connectivity index (χ0) is 19.7. The standard InChI is InChI=1S/C23H34O4/c1-2-3-4-5-6-7-8-9-10-11-12-13-16-19-27-23(26)21-18-15-14-17-20(21)22(24)25/h2-3,14-15,17-18H,4-13,16,19H2,1H3,(H,24,25)/b3-2+. The molecule has 0 spiro atoms. The molecule has 0 atom stereocenters. The van der Waals surface area contributed by atoms with Crippen LogP contribution in [0.15, 0.2) is 36.4 Å². The van der Waals surface area contributed by atoms with Crippen LogP contribution in [0.2, 0.25) is 0 Å². The number of carbonyl (C=O) groups excluding carboxylic acids is 1. The predicted octanol–water partition coefficient (Wildman–Crippen LogP) is 6.41. The van der Waals surface area contributed by atoms with Gasteiger partial charge in [0.15, 0.2) is 0 Å². The molecule has 0 aliphatic heterocycles. The zero-order valence-corrected chi connectivity index (χ0v) is 16.6. The molecule has 0 amide bonds. The van der Waals surface area contributed by atoms with Crippen LogP contribution in [0.25, 0.3) is 0 Å². The van der Waals surface area contributed by atoms with Gasteiger partial charge >= 0.3 is 11.9 Å². The van der Waals surface area contributed by atoms with Crippen molar-refractivity contribution in [2.45, 2.75) is 77.6 Å². The minimum Gasteiger partial charge on any atom is -0.478 e. The van der Waals surface area contributed by atoms with Gasteiger partial charge in [-0.15, -0.1) is 0 Å². The van der Waals surface area contributed by atoms with Crippen LogP contribution in [-0.2, 0) is 4.74 Å². The number of carboxylic acids is 1. The zero-order valence-electron chi connectivity index (χ0n) is 16.6. The molecule has 0 aliphatic rings. The van der Waals surface area contributed by atoms with Crippen molar-refractivity contribution in [1.82, 2.24) is 0 Å². The third kappa shape index (κ3) is 10.6. The lowest BCUT2D eigenvalue weighted by Gasteiger charge is -2.07. The molecule has 1 aromatic rings. The van der Waals surface area contributed by atoms with Crippen molar-refractivity contribution in [3.8, 4) is 0 Å². The van der Waals surface area contributed by atoms with Crippen LogP contribution < -0.4 is 0 Å². The van der Waals surface area contributed by atoms with Gasteiger partial charge in [-0.3, -0.25) is 0 Å². The number of aromatic carboxylic acids is 1. The summed E-state index contributed by atoms with van der Waals surface area (Å²) in [6, 6.07) is 6.16. The number of carboxylic acid groups (broad SMARTS) is 1. The third-order valence-corrected chi connectivity index (χ3v) is 4.61. The number of rotatable bonds is 15. The fraction of sp³-hybridized carbons (Fsp3) is 0.565. The number of allylic oxidation sites excluding steroid dienone is 2. The maximum absolute atomic E-state index is 12.0. The lowest BCUT2D eigenvalue weighted by molar-refractivity contribution is 0.0487.